The van der Waals surface area contributed by atoms with Gasteiger partial charge in [-0.1, -0.05) is 30.4 Å². The molecule has 1 aromatic rings. The minimum Gasteiger partial charge on any atom is -0.357 e. The van der Waals surface area contributed by atoms with Crippen LogP contribution in [0.4, 0.5) is 5.13 Å². The molecule has 76 valence electrons. The predicted octanol–water partition coefficient (Wildman–Crippen LogP) is 2.62. The van der Waals surface area contributed by atoms with Crippen LogP contribution < -0.4 is 5.32 Å². The van der Waals surface area contributed by atoms with Crippen LogP contribution in [0.3, 0.4) is 0 Å². The topological polar surface area (TPSA) is 37.8 Å². The van der Waals surface area contributed by atoms with E-state index in [-0.39, 0.29) is 0 Å². The minimum absolute atomic E-state index is 0.539. The molecule has 0 spiro atoms. The smallest absolute Gasteiger partial charge is 0.205 e. The Morgan fingerprint density at radius 1 is 1.43 bits per heavy atom. The number of anilines is 1. The maximum absolute atomic E-state index is 4.13. The lowest BCUT2D eigenvalue weighted by Gasteiger charge is -2.08. The van der Waals surface area contributed by atoms with Crippen molar-refractivity contribution in [3.8, 4) is 0 Å². The van der Waals surface area contributed by atoms with Gasteiger partial charge < -0.3 is 5.32 Å². The van der Waals surface area contributed by atoms with Gasteiger partial charge in [0.05, 0.1) is 0 Å². The number of rotatable bonds is 4. The highest BCUT2D eigenvalue weighted by atomic mass is 32.1. The average molecular weight is 209 g/mol. The first-order valence-electron chi connectivity index (χ1n) is 5.12. The van der Waals surface area contributed by atoms with Crippen molar-refractivity contribution in [2.45, 2.75) is 38.6 Å². The first-order chi connectivity index (χ1) is 6.88. The summed E-state index contributed by atoms with van der Waals surface area (Å²) in [5, 5.41) is 13.8. The van der Waals surface area contributed by atoms with Crippen molar-refractivity contribution in [1.29, 1.82) is 0 Å². The number of nitrogens with zero attached hydrogens (tertiary/aromatic N) is 2. The zero-order chi connectivity index (χ0) is 9.80. The van der Waals surface area contributed by atoms with E-state index in [9.17, 15) is 0 Å². The van der Waals surface area contributed by atoms with Crippen LogP contribution in [0.15, 0.2) is 12.2 Å². The van der Waals surface area contributed by atoms with Crippen molar-refractivity contribution in [3.63, 3.8) is 0 Å². The molecule has 1 N–H and O–H groups in total. The number of hydrogen-bond acceptors (Lipinski definition) is 4. The summed E-state index contributed by atoms with van der Waals surface area (Å²) in [6.07, 6.45) is 8.84. The van der Waals surface area contributed by atoms with E-state index in [4.69, 9.17) is 0 Å². The Kier molecular flexibility index (Phi) is 3.14. The van der Waals surface area contributed by atoms with E-state index in [1.54, 1.807) is 11.3 Å². The molecule has 0 unspecified atom stereocenters. The number of nitrogens with one attached hydrogen (secondary N) is 1. The van der Waals surface area contributed by atoms with Gasteiger partial charge in [0.2, 0.25) is 5.13 Å². The molecule has 1 aliphatic carbocycles. The molecule has 4 heteroatoms. The van der Waals surface area contributed by atoms with Crippen LogP contribution in [-0.4, -0.2) is 16.2 Å². The van der Waals surface area contributed by atoms with Crippen molar-refractivity contribution in [3.05, 3.63) is 17.2 Å². The van der Waals surface area contributed by atoms with Gasteiger partial charge in [-0.15, -0.1) is 10.2 Å². The maximum atomic E-state index is 4.13. The second-order valence-corrected chi connectivity index (χ2v) is 4.60. The molecule has 1 heterocycles. The molecule has 0 atom stereocenters. The second kappa shape index (κ2) is 4.55. The van der Waals surface area contributed by atoms with Crippen molar-refractivity contribution >= 4 is 16.5 Å². The van der Waals surface area contributed by atoms with Gasteiger partial charge in [0.25, 0.3) is 0 Å². The van der Waals surface area contributed by atoms with E-state index < -0.39 is 0 Å². The third-order valence-corrected chi connectivity index (χ3v) is 3.18. The summed E-state index contributed by atoms with van der Waals surface area (Å²) in [4.78, 5) is 0. The molecule has 0 amide bonds. The van der Waals surface area contributed by atoms with Gasteiger partial charge in [0, 0.05) is 12.5 Å². The van der Waals surface area contributed by atoms with Crippen LogP contribution in [0.5, 0.6) is 0 Å². The van der Waals surface area contributed by atoms with Gasteiger partial charge in [0.15, 0.2) is 0 Å². The summed E-state index contributed by atoms with van der Waals surface area (Å²) in [7, 11) is 0. The standard InChI is InChI=1S/C10H15N3S/c1-2-5-9-12-13-10(14-9)11-8-6-3-4-7-8/h3-4,8H,2,5-7H2,1H3,(H,11,13). The zero-order valence-corrected chi connectivity index (χ0v) is 9.18. The van der Waals surface area contributed by atoms with E-state index in [0.717, 1.165) is 35.8 Å². The SMILES string of the molecule is CCCc1nnc(NC2CC=CC2)s1. The average Bonchev–Trinajstić information content (AvgIpc) is 2.79. The molecular weight excluding hydrogens is 194 g/mol. The van der Waals surface area contributed by atoms with Gasteiger partial charge in [-0.25, -0.2) is 0 Å². The molecule has 14 heavy (non-hydrogen) atoms. The number of aromatic nitrogens is 2. The first kappa shape index (κ1) is 9.65. The third-order valence-electron chi connectivity index (χ3n) is 2.27. The summed E-state index contributed by atoms with van der Waals surface area (Å²) >= 11 is 1.68. The fourth-order valence-corrected chi connectivity index (χ4v) is 2.45. The van der Waals surface area contributed by atoms with Gasteiger partial charge in [-0.05, 0) is 19.3 Å². The third kappa shape index (κ3) is 2.32. The van der Waals surface area contributed by atoms with Crippen LogP contribution in [0.1, 0.15) is 31.2 Å². The fourth-order valence-electron chi connectivity index (χ4n) is 1.54. The molecule has 0 aliphatic heterocycles. The van der Waals surface area contributed by atoms with E-state index in [2.05, 4.69) is 34.6 Å². The molecular formula is C10H15N3S. The van der Waals surface area contributed by atoms with Gasteiger partial charge in [-0.2, -0.15) is 0 Å². The molecule has 0 aromatic carbocycles. The Labute approximate surface area is 88.3 Å². The molecule has 0 radical (unpaired) electrons. The summed E-state index contributed by atoms with van der Waals surface area (Å²) in [5.41, 5.74) is 0. The van der Waals surface area contributed by atoms with Gasteiger partial charge in [0.1, 0.15) is 5.01 Å². The Bertz CT molecular complexity index is 311. The Hall–Kier alpha value is -0.900. The molecule has 0 saturated heterocycles. The van der Waals surface area contributed by atoms with E-state index in [0.29, 0.717) is 6.04 Å². The molecule has 3 nitrogen and oxygen atoms in total. The fraction of sp³-hybridized carbons (Fsp3) is 0.600. The maximum Gasteiger partial charge on any atom is 0.205 e. The van der Waals surface area contributed by atoms with Crippen molar-refractivity contribution in [2.24, 2.45) is 0 Å². The highest BCUT2D eigenvalue weighted by Gasteiger charge is 2.12. The zero-order valence-electron chi connectivity index (χ0n) is 8.36. The van der Waals surface area contributed by atoms with Crippen molar-refractivity contribution in [1.82, 2.24) is 10.2 Å². The Balaban J connectivity index is 1.89. The summed E-state index contributed by atoms with van der Waals surface area (Å²) in [6, 6.07) is 0.539. The quantitative estimate of drug-likeness (QED) is 0.775. The number of hydrogen-bond donors (Lipinski definition) is 1. The molecule has 2 rings (SSSR count). The van der Waals surface area contributed by atoms with Crippen LogP contribution in [0.2, 0.25) is 0 Å². The highest BCUT2D eigenvalue weighted by Crippen LogP contribution is 2.21. The summed E-state index contributed by atoms with van der Waals surface area (Å²) < 4.78 is 0. The summed E-state index contributed by atoms with van der Waals surface area (Å²) in [5.74, 6) is 0. The predicted molar refractivity (Wildman–Crippen MR) is 59.7 cm³/mol. The molecule has 0 saturated carbocycles. The lowest BCUT2D eigenvalue weighted by molar-refractivity contribution is 0.780. The minimum atomic E-state index is 0.539. The van der Waals surface area contributed by atoms with E-state index in [1.165, 1.54) is 0 Å². The van der Waals surface area contributed by atoms with Gasteiger partial charge in [-0.3, -0.25) is 0 Å². The van der Waals surface area contributed by atoms with Crippen molar-refractivity contribution < 1.29 is 0 Å². The van der Waals surface area contributed by atoms with E-state index >= 15 is 0 Å². The lowest BCUT2D eigenvalue weighted by atomic mass is 10.2. The second-order valence-electron chi connectivity index (χ2n) is 3.54. The molecule has 0 bridgehead atoms. The summed E-state index contributed by atoms with van der Waals surface area (Å²) in [6.45, 7) is 2.16. The molecule has 0 fully saturated rings. The Morgan fingerprint density at radius 3 is 2.93 bits per heavy atom. The van der Waals surface area contributed by atoms with Crippen LogP contribution >= 0.6 is 11.3 Å². The van der Waals surface area contributed by atoms with Crippen molar-refractivity contribution in [2.75, 3.05) is 5.32 Å². The largest absolute Gasteiger partial charge is 0.357 e. The lowest BCUT2D eigenvalue weighted by Crippen LogP contribution is -2.14. The Morgan fingerprint density at radius 2 is 2.21 bits per heavy atom. The first-order valence-corrected chi connectivity index (χ1v) is 5.94. The number of aryl methyl sites for hydroxylation is 1. The molecule has 1 aromatic heterocycles. The van der Waals surface area contributed by atoms with Crippen LogP contribution in [-0.2, 0) is 6.42 Å². The molecule has 1 aliphatic rings. The van der Waals surface area contributed by atoms with Crippen LogP contribution in [0.25, 0.3) is 0 Å². The monoisotopic (exact) mass is 209 g/mol. The van der Waals surface area contributed by atoms with Crippen LogP contribution in [0, 0.1) is 0 Å². The normalized spacial score (nSPS) is 16.4. The van der Waals surface area contributed by atoms with Gasteiger partial charge >= 0.3 is 0 Å². The van der Waals surface area contributed by atoms with E-state index in [1.807, 2.05) is 0 Å². The highest BCUT2D eigenvalue weighted by molar-refractivity contribution is 7.15.